The average Bonchev–Trinajstić information content (AvgIpc) is 3.78. The van der Waals surface area contributed by atoms with Crippen LogP contribution < -0.4 is 21.0 Å². The second-order valence-corrected chi connectivity index (χ2v) is 11.9. The fourth-order valence-electron chi connectivity index (χ4n) is 6.28. The Morgan fingerprint density at radius 3 is 2.17 bits per heavy atom. The predicted octanol–water partition coefficient (Wildman–Crippen LogP) is 7.43. The summed E-state index contributed by atoms with van der Waals surface area (Å²) in [6, 6.07) is 23.2. The van der Waals surface area contributed by atoms with E-state index < -0.39 is 6.03 Å². The van der Waals surface area contributed by atoms with Crippen molar-refractivity contribution in [2.45, 2.75) is 33.1 Å². The number of amides is 4. The van der Waals surface area contributed by atoms with E-state index in [2.05, 4.69) is 38.1 Å². The molecule has 7 rings (SSSR count). The third kappa shape index (κ3) is 5.52. The Labute approximate surface area is 269 Å². The van der Waals surface area contributed by atoms with Crippen molar-refractivity contribution in [3.63, 3.8) is 0 Å². The molecule has 0 saturated carbocycles. The summed E-state index contributed by atoms with van der Waals surface area (Å²) in [5.74, 6) is -0.212. The molecule has 1 unspecified atom stereocenters. The number of aromatic hydroxyl groups is 1. The summed E-state index contributed by atoms with van der Waals surface area (Å²) >= 11 is 0. The Morgan fingerprint density at radius 1 is 0.851 bits per heavy atom. The van der Waals surface area contributed by atoms with Crippen molar-refractivity contribution in [3.05, 3.63) is 95.8 Å². The fourth-order valence-corrected chi connectivity index (χ4v) is 6.28. The molecule has 47 heavy (non-hydrogen) atoms. The first-order valence-electron chi connectivity index (χ1n) is 15.4. The SMILES string of the molecule is CCC1CN(C(=O)c2cc3cc(NC(=O)c4cc5cc(NC(=O)NN=C(C)C)ccc5[nH]4)ccc3[nH]2)c2cc(O)c3ccccc3c21. The number of urea groups is 1. The molecule has 0 radical (unpaired) electrons. The van der Waals surface area contributed by atoms with Crippen LogP contribution in [-0.2, 0) is 0 Å². The van der Waals surface area contributed by atoms with Gasteiger partial charge in [0.15, 0.2) is 0 Å². The number of carbonyl (C=O) groups is 3. The number of H-pyrrole nitrogens is 2. The van der Waals surface area contributed by atoms with E-state index in [4.69, 9.17) is 0 Å². The monoisotopic (exact) mass is 627 g/mol. The molecule has 0 spiro atoms. The van der Waals surface area contributed by atoms with E-state index in [9.17, 15) is 19.5 Å². The highest BCUT2D eigenvalue weighted by molar-refractivity contribution is 6.12. The highest BCUT2D eigenvalue weighted by Crippen LogP contribution is 2.46. The highest BCUT2D eigenvalue weighted by Gasteiger charge is 2.35. The van der Waals surface area contributed by atoms with Gasteiger partial charge in [0, 0.05) is 62.8 Å². The van der Waals surface area contributed by atoms with E-state index >= 15 is 0 Å². The van der Waals surface area contributed by atoms with Gasteiger partial charge in [-0.05, 0) is 79.7 Å². The molecule has 0 fully saturated rings. The van der Waals surface area contributed by atoms with E-state index in [-0.39, 0.29) is 23.5 Å². The van der Waals surface area contributed by atoms with Crippen molar-refractivity contribution in [3.8, 4) is 5.75 Å². The summed E-state index contributed by atoms with van der Waals surface area (Å²) < 4.78 is 0. The Morgan fingerprint density at radius 2 is 1.49 bits per heavy atom. The lowest BCUT2D eigenvalue weighted by Crippen LogP contribution is -2.30. The first-order chi connectivity index (χ1) is 22.7. The molecule has 11 nitrogen and oxygen atoms in total. The maximum atomic E-state index is 13.9. The highest BCUT2D eigenvalue weighted by atomic mass is 16.3. The maximum absolute atomic E-state index is 13.9. The van der Waals surface area contributed by atoms with Gasteiger partial charge in [-0.2, -0.15) is 5.10 Å². The lowest BCUT2D eigenvalue weighted by molar-refractivity contribution is 0.0982. The zero-order valence-corrected chi connectivity index (χ0v) is 26.1. The standard InChI is InChI=1S/C36H33N7O4/c1-4-20-18-43(31-17-32(44)25-7-5-6-8-26(25)33(20)31)35(46)30-16-22-13-23(9-11-28(22)40-30)37-34(45)29-15-21-14-24(10-12-27(21)39-29)38-36(47)42-41-19(2)3/h5-17,20,39-40,44H,4,18H2,1-3H3,(H,37,45)(H2,38,42,47). The zero-order chi connectivity index (χ0) is 32.8. The van der Waals surface area contributed by atoms with E-state index in [0.29, 0.717) is 29.3 Å². The van der Waals surface area contributed by atoms with Crippen LogP contribution in [-0.4, -0.2) is 45.2 Å². The number of hydrogen-bond acceptors (Lipinski definition) is 5. The van der Waals surface area contributed by atoms with Crippen molar-refractivity contribution in [1.29, 1.82) is 0 Å². The lowest BCUT2D eigenvalue weighted by Gasteiger charge is -2.17. The van der Waals surface area contributed by atoms with Crippen LogP contribution in [0.3, 0.4) is 0 Å². The molecule has 236 valence electrons. The van der Waals surface area contributed by atoms with Gasteiger partial charge in [-0.25, -0.2) is 10.2 Å². The number of anilines is 3. The zero-order valence-electron chi connectivity index (χ0n) is 26.1. The number of hydrazone groups is 1. The van der Waals surface area contributed by atoms with Crippen LogP contribution in [0.15, 0.2) is 84.0 Å². The van der Waals surface area contributed by atoms with Crippen molar-refractivity contribution >= 4 is 73.2 Å². The van der Waals surface area contributed by atoms with Crippen LogP contribution in [0, 0.1) is 0 Å². The molecular weight excluding hydrogens is 594 g/mol. The first-order valence-corrected chi connectivity index (χ1v) is 15.4. The normalized spacial score (nSPS) is 13.9. The van der Waals surface area contributed by atoms with Crippen LogP contribution in [0.25, 0.3) is 32.6 Å². The van der Waals surface area contributed by atoms with Gasteiger partial charge in [0.05, 0.1) is 5.69 Å². The summed E-state index contributed by atoms with van der Waals surface area (Å²) in [6.45, 7) is 6.19. The molecule has 1 aliphatic rings. The Balaban J connectivity index is 1.09. The molecule has 0 aliphatic carbocycles. The van der Waals surface area contributed by atoms with Crippen LogP contribution in [0.1, 0.15) is 59.7 Å². The molecule has 0 saturated heterocycles. The summed E-state index contributed by atoms with van der Waals surface area (Å²) in [5.41, 5.74) is 8.34. The van der Waals surface area contributed by atoms with E-state index in [1.165, 1.54) is 0 Å². The number of nitrogens with one attached hydrogen (secondary N) is 5. The van der Waals surface area contributed by atoms with E-state index in [0.717, 1.165) is 56.0 Å². The van der Waals surface area contributed by atoms with Crippen molar-refractivity contribution in [1.82, 2.24) is 15.4 Å². The first kappa shape index (κ1) is 29.6. The van der Waals surface area contributed by atoms with Crippen LogP contribution >= 0.6 is 0 Å². The smallest absolute Gasteiger partial charge is 0.339 e. The molecule has 4 amide bonds. The minimum Gasteiger partial charge on any atom is -0.507 e. The number of aromatic amines is 2. The molecule has 1 atom stereocenters. The molecule has 6 aromatic rings. The average molecular weight is 628 g/mol. The number of phenolic OH excluding ortho intramolecular Hbond substituents is 1. The third-order valence-corrected chi connectivity index (χ3v) is 8.50. The second kappa shape index (κ2) is 11.7. The number of hydrogen-bond donors (Lipinski definition) is 6. The Bertz CT molecular complexity index is 2260. The topological polar surface area (TPSA) is 155 Å². The molecule has 4 aromatic carbocycles. The van der Waals surface area contributed by atoms with E-state index in [1.807, 2.05) is 36.4 Å². The number of fused-ring (bicyclic) bond motifs is 5. The van der Waals surface area contributed by atoms with Crippen LogP contribution in [0.2, 0.25) is 0 Å². The number of benzene rings is 4. The molecule has 6 N–H and O–H groups in total. The van der Waals surface area contributed by atoms with Gasteiger partial charge in [-0.3, -0.25) is 9.59 Å². The van der Waals surface area contributed by atoms with Crippen LogP contribution in [0.5, 0.6) is 5.75 Å². The molecule has 0 bridgehead atoms. The molecular formula is C36H33N7O4. The van der Waals surface area contributed by atoms with Gasteiger partial charge >= 0.3 is 6.03 Å². The van der Waals surface area contributed by atoms with Gasteiger partial charge < -0.3 is 30.6 Å². The van der Waals surface area contributed by atoms with Gasteiger partial charge in [0.2, 0.25) is 0 Å². The van der Waals surface area contributed by atoms with Gasteiger partial charge in [-0.15, -0.1) is 0 Å². The number of nitrogens with zero attached hydrogens (tertiary/aromatic N) is 2. The largest absolute Gasteiger partial charge is 0.507 e. The summed E-state index contributed by atoms with van der Waals surface area (Å²) in [4.78, 5) is 47.2. The number of carbonyl (C=O) groups excluding carboxylic acids is 3. The van der Waals surface area contributed by atoms with Gasteiger partial charge in [-0.1, -0.05) is 31.2 Å². The van der Waals surface area contributed by atoms with Gasteiger partial charge in [0.1, 0.15) is 17.1 Å². The quantitative estimate of drug-likeness (QED) is 0.0839. The van der Waals surface area contributed by atoms with Crippen molar-refractivity contribution in [2.75, 3.05) is 22.1 Å². The number of rotatable bonds is 6. The Hall–Kier alpha value is -6.10. The maximum Gasteiger partial charge on any atom is 0.339 e. The van der Waals surface area contributed by atoms with Gasteiger partial charge in [0.25, 0.3) is 11.8 Å². The summed E-state index contributed by atoms with van der Waals surface area (Å²) in [6.07, 6.45) is 0.862. The Kier molecular flexibility index (Phi) is 7.36. The van der Waals surface area contributed by atoms with Crippen molar-refractivity contribution in [2.24, 2.45) is 5.10 Å². The van der Waals surface area contributed by atoms with Crippen molar-refractivity contribution < 1.29 is 19.5 Å². The minimum absolute atomic E-state index is 0.151. The molecule has 2 aromatic heterocycles. The minimum atomic E-state index is -0.465. The second-order valence-electron chi connectivity index (χ2n) is 11.9. The summed E-state index contributed by atoms with van der Waals surface area (Å²) in [7, 11) is 0. The molecule has 3 heterocycles. The number of phenols is 1. The third-order valence-electron chi connectivity index (χ3n) is 8.50. The fraction of sp³-hybridized carbons (Fsp3) is 0.167. The molecule has 11 heteroatoms. The van der Waals surface area contributed by atoms with E-state index in [1.54, 1.807) is 61.2 Å². The predicted molar refractivity (Wildman–Crippen MR) is 186 cm³/mol. The molecule has 1 aliphatic heterocycles. The lowest BCUT2D eigenvalue weighted by atomic mass is 9.93. The number of aromatic nitrogens is 2. The summed E-state index contributed by atoms with van der Waals surface area (Å²) in [5, 5.41) is 23.6. The van der Waals surface area contributed by atoms with Crippen LogP contribution in [0.4, 0.5) is 21.9 Å².